The van der Waals surface area contributed by atoms with E-state index in [2.05, 4.69) is 15.9 Å². The summed E-state index contributed by atoms with van der Waals surface area (Å²) in [5.41, 5.74) is 0.567. The largest absolute Gasteiger partial charge is 0.298 e. The Labute approximate surface area is 82.7 Å². The lowest BCUT2D eigenvalue weighted by Gasteiger charge is -2.04. The number of hydrogen-bond acceptors (Lipinski definition) is 1. The molecule has 0 atom stereocenters. The van der Waals surface area contributed by atoms with Crippen molar-refractivity contribution in [2.75, 3.05) is 0 Å². The van der Waals surface area contributed by atoms with Gasteiger partial charge in [-0.3, -0.25) is 4.79 Å². The summed E-state index contributed by atoms with van der Waals surface area (Å²) in [6, 6.07) is 1.23. The van der Waals surface area contributed by atoms with Crippen LogP contribution in [0.3, 0.4) is 0 Å². The molecule has 1 aromatic carbocycles. The maximum absolute atomic E-state index is 13.0. The van der Waals surface area contributed by atoms with Crippen molar-refractivity contribution in [3.05, 3.63) is 32.5 Å². The Balaban J connectivity index is 3.51. The van der Waals surface area contributed by atoms with Crippen LogP contribution in [0.4, 0.5) is 4.39 Å². The number of carbonyl (C=O) groups excluding carboxylic acids is 1. The van der Waals surface area contributed by atoms with Crippen molar-refractivity contribution in [1.82, 2.24) is 0 Å². The summed E-state index contributed by atoms with van der Waals surface area (Å²) in [6.07, 6.45) is 0.435. The summed E-state index contributed by atoms with van der Waals surface area (Å²) < 4.78 is 13.3. The second-order valence-electron chi connectivity index (χ2n) is 2.33. The molecular formula is C8H5BrClFO. The minimum atomic E-state index is -0.557. The van der Waals surface area contributed by atoms with Gasteiger partial charge >= 0.3 is 0 Å². The van der Waals surface area contributed by atoms with Gasteiger partial charge in [0.2, 0.25) is 0 Å². The standard InChI is InChI=1S/C8H5BrClFO/c1-4-2-6(11)5(3-12)7(9)8(4)10/h2-3H,1H3. The molecule has 12 heavy (non-hydrogen) atoms. The maximum atomic E-state index is 13.0. The molecular weight excluding hydrogens is 246 g/mol. The SMILES string of the molecule is Cc1cc(F)c(C=O)c(Br)c1Cl. The monoisotopic (exact) mass is 250 g/mol. The first-order valence-corrected chi connectivity index (χ1v) is 4.34. The minimum Gasteiger partial charge on any atom is -0.298 e. The average molecular weight is 251 g/mol. The number of aldehydes is 1. The molecule has 1 rings (SSSR count). The van der Waals surface area contributed by atoms with Crippen LogP contribution in [-0.4, -0.2) is 6.29 Å². The first-order chi connectivity index (χ1) is 5.57. The third-order valence-corrected chi connectivity index (χ3v) is 3.03. The lowest BCUT2D eigenvalue weighted by molar-refractivity contribution is 0.111. The van der Waals surface area contributed by atoms with Gasteiger partial charge in [-0.2, -0.15) is 0 Å². The molecule has 4 heteroatoms. The molecule has 0 fully saturated rings. The van der Waals surface area contributed by atoms with E-state index in [1.54, 1.807) is 6.92 Å². The van der Waals surface area contributed by atoms with Gasteiger partial charge in [-0.05, 0) is 34.5 Å². The Morgan fingerprint density at radius 1 is 1.67 bits per heavy atom. The topological polar surface area (TPSA) is 17.1 Å². The first-order valence-electron chi connectivity index (χ1n) is 3.17. The van der Waals surface area contributed by atoms with Crippen LogP contribution in [0, 0.1) is 12.7 Å². The maximum Gasteiger partial charge on any atom is 0.154 e. The van der Waals surface area contributed by atoms with Crippen LogP contribution in [0.2, 0.25) is 5.02 Å². The van der Waals surface area contributed by atoms with Crippen molar-refractivity contribution in [2.45, 2.75) is 6.92 Å². The van der Waals surface area contributed by atoms with Crippen molar-refractivity contribution in [2.24, 2.45) is 0 Å². The zero-order valence-corrected chi connectivity index (χ0v) is 8.54. The average Bonchev–Trinajstić information content (AvgIpc) is 2.01. The number of aryl methyl sites for hydroxylation is 1. The fourth-order valence-corrected chi connectivity index (χ4v) is 1.59. The first kappa shape index (κ1) is 9.68. The Morgan fingerprint density at radius 2 is 2.25 bits per heavy atom. The summed E-state index contributed by atoms with van der Waals surface area (Å²) in [5, 5.41) is 0.374. The number of hydrogen-bond donors (Lipinski definition) is 0. The van der Waals surface area contributed by atoms with Crippen LogP contribution < -0.4 is 0 Å². The Morgan fingerprint density at radius 3 is 2.75 bits per heavy atom. The summed E-state index contributed by atoms with van der Waals surface area (Å²) >= 11 is 8.80. The molecule has 0 saturated carbocycles. The molecule has 0 heterocycles. The lowest BCUT2D eigenvalue weighted by atomic mass is 10.1. The van der Waals surface area contributed by atoms with E-state index in [4.69, 9.17) is 11.6 Å². The van der Waals surface area contributed by atoms with Gasteiger partial charge in [0.15, 0.2) is 6.29 Å². The summed E-state index contributed by atoms with van der Waals surface area (Å²) in [5.74, 6) is -0.557. The molecule has 0 radical (unpaired) electrons. The van der Waals surface area contributed by atoms with Gasteiger partial charge < -0.3 is 0 Å². The number of carbonyl (C=O) groups is 1. The summed E-state index contributed by atoms with van der Waals surface area (Å²) in [6.45, 7) is 1.67. The highest BCUT2D eigenvalue weighted by Crippen LogP contribution is 2.30. The smallest absolute Gasteiger partial charge is 0.154 e. The molecule has 64 valence electrons. The molecule has 0 aliphatic heterocycles. The predicted octanol–water partition coefficient (Wildman–Crippen LogP) is 3.36. The molecule has 1 aromatic rings. The second-order valence-corrected chi connectivity index (χ2v) is 3.51. The van der Waals surface area contributed by atoms with Crippen molar-refractivity contribution >= 4 is 33.8 Å². The van der Waals surface area contributed by atoms with E-state index >= 15 is 0 Å². The highest BCUT2D eigenvalue weighted by Gasteiger charge is 2.11. The van der Waals surface area contributed by atoms with Crippen LogP contribution in [0.5, 0.6) is 0 Å². The summed E-state index contributed by atoms with van der Waals surface area (Å²) in [7, 11) is 0. The van der Waals surface area contributed by atoms with Gasteiger partial charge in [-0.1, -0.05) is 11.6 Å². The highest BCUT2D eigenvalue weighted by molar-refractivity contribution is 9.10. The minimum absolute atomic E-state index is 0.0365. The van der Waals surface area contributed by atoms with Gasteiger partial charge in [-0.15, -0.1) is 0 Å². The summed E-state index contributed by atoms with van der Waals surface area (Å²) in [4.78, 5) is 10.4. The fourth-order valence-electron chi connectivity index (χ4n) is 0.835. The van der Waals surface area contributed by atoms with E-state index in [0.29, 0.717) is 21.3 Å². The van der Waals surface area contributed by atoms with Crippen molar-refractivity contribution in [3.63, 3.8) is 0 Å². The van der Waals surface area contributed by atoms with Gasteiger partial charge in [0.1, 0.15) is 5.82 Å². The van der Waals surface area contributed by atoms with Crippen LogP contribution >= 0.6 is 27.5 Å². The predicted molar refractivity (Wildman–Crippen MR) is 49.2 cm³/mol. The Hall–Kier alpha value is -0.410. The normalized spacial score (nSPS) is 10.0. The van der Waals surface area contributed by atoms with Crippen molar-refractivity contribution in [3.8, 4) is 0 Å². The quantitative estimate of drug-likeness (QED) is 0.552. The van der Waals surface area contributed by atoms with Gasteiger partial charge in [0, 0.05) is 4.47 Å². The van der Waals surface area contributed by atoms with Crippen molar-refractivity contribution in [1.29, 1.82) is 0 Å². The molecule has 0 aliphatic carbocycles. The third-order valence-electron chi connectivity index (χ3n) is 1.49. The number of rotatable bonds is 1. The van der Waals surface area contributed by atoms with E-state index < -0.39 is 5.82 Å². The van der Waals surface area contributed by atoms with Gasteiger partial charge in [0.05, 0.1) is 10.6 Å². The van der Waals surface area contributed by atoms with Crippen molar-refractivity contribution < 1.29 is 9.18 Å². The molecule has 0 unspecified atom stereocenters. The van der Waals surface area contributed by atoms with Crippen LogP contribution in [0.15, 0.2) is 10.5 Å². The van der Waals surface area contributed by atoms with Crippen LogP contribution in [0.25, 0.3) is 0 Å². The molecule has 0 aromatic heterocycles. The van der Waals surface area contributed by atoms with E-state index in [0.717, 1.165) is 0 Å². The molecule has 0 aliphatic rings. The lowest BCUT2D eigenvalue weighted by Crippen LogP contribution is -1.92. The number of benzene rings is 1. The number of halogens is 3. The molecule has 0 amide bonds. The molecule has 1 nitrogen and oxygen atoms in total. The molecule has 0 N–H and O–H groups in total. The highest BCUT2D eigenvalue weighted by atomic mass is 79.9. The van der Waals surface area contributed by atoms with Gasteiger partial charge in [0.25, 0.3) is 0 Å². The van der Waals surface area contributed by atoms with Crippen LogP contribution in [-0.2, 0) is 0 Å². The zero-order chi connectivity index (χ0) is 9.30. The van der Waals surface area contributed by atoms with Gasteiger partial charge in [-0.25, -0.2) is 4.39 Å². The molecule has 0 saturated heterocycles. The molecule has 0 bridgehead atoms. The van der Waals surface area contributed by atoms with E-state index in [1.807, 2.05) is 0 Å². The zero-order valence-electron chi connectivity index (χ0n) is 6.20. The third kappa shape index (κ3) is 1.52. The second kappa shape index (κ2) is 3.54. The fraction of sp³-hybridized carbons (Fsp3) is 0.125. The van der Waals surface area contributed by atoms with Crippen LogP contribution in [0.1, 0.15) is 15.9 Å². The van der Waals surface area contributed by atoms with E-state index in [9.17, 15) is 9.18 Å². The van der Waals surface area contributed by atoms with E-state index in [1.165, 1.54) is 6.07 Å². The Kier molecular flexibility index (Phi) is 2.85. The van der Waals surface area contributed by atoms with E-state index in [-0.39, 0.29) is 5.56 Å². The molecule has 0 spiro atoms. The Bertz CT molecular complexity index is 338.